The first-order valence-corrected chi connectivity index (χ1v) is 7.45. The van der Waals surface area contributed by atoms with Gasteiger partial charge in [-0.25, -0.2) is 0 Å². The highest BCUT2D eigenvalue weighted by atomic mass is 32.1. The average Bonchev–Trinajstić information content (AvgIpc) is 2.53. The first-order chi connectivity index (χ1) is 7.77. The van der Waals surface area contributed by atoms with E-state index in [0.717, 1.165) is 5.92 Å². The monoisotopic (exact) mass is 237 g/mol. The molecular formula is C14H23NS. The molecule has 90 valence electrons. The molecule has 16 heavy (non-hydrogen) atoms. The molecule has 1 unspecified atom stereocenters. The van der Waals surface area contributed by atoms with Crippen LogP contribution in [0.1, 0.15) is 61.4 Å². The van der Waals surface area contributed by atoms with Gasteiger partial charge in [0.2, 0.25) is 0 Å². The van der Waals surface area contributed by atoms with Gasteiger partial charge >= 0.3 is 0 Å². The van der Waals surface area contributed by atoms with Gasteiger partial charge < -0.3 is 5.73 Å². The minimum absolute atomic E-state index is 0.273. The van der Waals surface area contributed by atoms with Crippen molar-refractivity contribution in [1.82, 2.24) is 0 Å². The van der Waals surface area contributed by atoms with Crippen LogP contribution in [-0.4, -0.2) is 0 Å². The summed E-state index contributed by atoms with van der Waals surface area (Å²) >= 11 is 1.82. The third-order valence-corrected chi connectivity index (χ3v) is 4.72. The number of hydrogen-bond acceptors (Lipinski definition) is 2. The first-order valence-electron chi connectivity index (χ1n) is 6.57. The molecule has 1 aliphatic carbocycles. The summed E-state index contributed by atoms with van der Waals surface area (Å²) in [6.45, 7) is 2.19. The van der Waals surface area contributed by atoms with Crippen molar-refractivity contribution in [1.29, 1.82) is 0 Å². The maximum absolute atomic E-state index is 6.33. The summed E-state index contributed by atoms with van der Waals surface area (Å²) < 4.78 is 0. The molecule has 2 rings (SSSR count). The Bertz CT molecular complexity index is 310. The molecule has 1 aliphatic rings. The molecule has 2 N–H and O–H groups in total. The Morgan fingerprint density at radius 2 is 2.00 bits per heavy atom. The molecule has 1 fully saturated rings. The number of rotatable bonds is 3. The van der Waals surface area contributed by atoms with Crippen molar-refractivity contribution in [2.24, 2.45) is 11.7 Å². The van der Waals surface area contributed by atoms with Crippen LogP contribution in [0.4, 0.5) is 0 Å². The van der Waals surface area contributed by atoms with Gasteiger partial charge in [-0.3, -0.25) is 0 Å². The zero-order valence-electron chi connectivity index (χ0n) is 10.2. The van der Waals surface area contributed by atoms with Crippen LogP contribution >= 0.6 is 11.3 Å². The van der Waals surface area contributed by atoms with E-state index >= 15 is 0 Å². The molecule has 1 aromatic heterocycles. The highest BCUT2D eigenvalue weighted by Crippen LogP contribution is 2.32. The van der Waals surface area contributed by atoms with E-state index in [2.05, 4.69) is 18.4 Å². The van der Waals surface area contributed by atoms with Crippen molar-refractivity contribution in [3.8, 4) is 0 Å². The standard InChI is InChI=1S/C14H23NS/c1-11-13(8-9-16-11)14(15)10-12-6-4-2-3-5-7-12/h8-9,12,14H,2-7,10,15H2,1H3. The molecule has 0 amide bonds. The predicted octanol–water partition coefficient (Wildman–Crippen LogP) is 4.42. The van der Waals surface area contributed by atoms with E-state index < -0.39 is 0 Å². The van der Waals surface area contributed by atoms with Gasteiger partial charge in [-0.15, -0.1) is 11.3 Å². The zero-order chi connectivity index (χ0) is 11.4. The lowest BCUT2D eigenvalue weighted by molar-refractivity contribution is 0.393. The largest absolute Gasteiger partial charge is 0.324 e. The highest BCUT2D eigenvalue weighted by molar-refractivity contribution is 7.10. The summed E-state index contributed by atoms with van der Waals surface area (Å²) in [6, 6.07) is 2.48. The lowest BCUT2D eigenvalue weighted by atomic mass is 9.90. The van der Waals surface area contributed by atoms with Crippen LogP contribution in [0.15, 0.2) is 11.4 Å². The predicted molar refractivity (Wildman–Crippen MR) is 71.8 cm³/mol. The first kappa shape index (κ1) is 12.1. The van der Waals surface area contributed by atoms with E-state index in [1.54, 1.807) is 0 Å². The van der Waals surface area contributed by atoms with E-state index in [4.69, 9.17) is 5.73 Å². The Kier molecular flexibility index (Phi) is 4.42. The Labute approximate surface area is 103 Å². The van der Waals surface area contributed by atoms with Gasteiger partial charge in [0, 0.05) is 10.9 Å². The van der Waals surface area contributed by atoms with Gasteiger partial charge in [0.25, 0.3) is 0 Å². The third kappa shape index (κ3) is 3.08. The zero-order valence-corrected chi connectivity index (χ0v) is 11.1. The molecule has 0 aliphatic heterocycles. The minimum atomic E-state index is 0.273. The Morgan fingerprint density at radius 3 is 2.56 bits per heavy atom. The second-order valence-corrected chi connectivity index (χ2v) is 6.25. The lowest BCUT2D eigenvalue weighted by Gasteiger charge is -2.19. The molecule has 0 bridgehead atoms. The SMILES string of the molecule is Cc1sccc1C(N)CC1CCCCCC1. The summed E-state index contributed by atoms with van der Waals surface area (Å²) in [4.78, 5) is 1.40. The second kappa shape index (κ2) is 5.83. The van der Waals surface area contributed by atoms with Gasteiger partial charge in [-0.1, -0.05) is 38.5 Å². The summed E-state index contributed by atoms with van der Waals surface area (Å²) in [5.74, 6) is 0.872. The van der Waals surface area contributed by atoms with Gasteiger partial charge in [0.15, 0.2) is 0 Å². The number of thiophene rings is 1. The fourth-order valence-corrected chi connectivity index (χ4v) is 3.64. The Morgan fingerprint density at radius 1 is 1.31 bits per heavy atom. The quantitative estimate of drug-likeness (QED) is 0.774. The molecule has 1 atom stereocenters. The molecule has 1 saturated carbocycles. The topological polar surface area (TPSA) is 26.0 Å². The normalized spacial score (nSPS) is 20.6. The van der Waals surface area contributed by atoms with E-state index in [0.29, 0.717) is 0 Å². The van der Waals surface area contributed by atoms with Gasteiger partial charge in [-0.2, -0.15) is 0 Å². The molecule has 0 saturated heterocycles. The van der Waals surface area contributed by atoms with Gasteiger partial charge in [0.05, 0.1) is 0 Å². The van der Waals surface area contributed by atoms with E-state index in [1.807, 2.05) is 11.3 Å². The molecular weight excluding hydrogens is 214 g/mol. The van der Waals surface area contributed by atoms with Crippen molar-refractivity contribution >= 4 is 11.3 Å². The molecule has 1 aromatic rings. The van der Waals surface area contributed by atoms with E-state index in [-0.39, 0.29) is 6.04 Å². The fraction of sp³-hybridized carbons (Fsp3) is 0.714. The molecule has 2 heteroatoms. The molecule has 0 aromatic carbocycles. The highest BCUT2D eigenvalue weighted by Gasteiger charge is 2.18. The maximum atomic E-state index is 6.33. The summed E-state index contributed by atoms with van der Waals surface area (Å²) in [6.07, 6.45) is 9.69. The van der Waals surface area contributed by atoms with Crippen LogP contribution in [0.25, 0.3) is 0 Å². The average molecular weight is 237 g/mol. The smallest absolute Gasteiger partial charge is 0.0308 e. The summed E-state index contributed by atoms with van der Waals surface area (Å²) in [5.41, 5.74) is 7.71. The molecule has 0 spiro atoms. The molecule has 1 heterocycles. The van der Waals surface area contributed by atoms with Crippen molar-refractivity contribution in [2.75, 3.05) is 0 Å². The van der Waals surface area contributed by atoms with Crippen molar-refractivity contribution < 1.29 is 0 Å². The molecule has 0 radical (unpaired) electrons. The van der Waals surface area contributed by atoms with Crippen LogP contribution in [0, 0.1) is 12.8 Å². The minimum Gasteiger partial charge on any atom is -0.324 e. The van der Waals surface area contributed by atoms with Crippen LogP contribution < -0.4 is 5.73 Å². The van der Waals surface area contributed by atoms with Gasteiger partial charge in [-0.05, 0) is 36.3 Å². The number of aryl methyl sites for hydroxylation is 1. The fourth-order valence-electron chi connectivity index (χ4n) is 2.87. The lowest BCUT2D eigenvalue weighted by Crippen LogP contribution is -2.15. The van der Waals surface area contributed by atoms with Crippen molar-refractivity contribution in [2.45, 2.75) is 57.9 Å². The summed E-state index contributed by atoms with van der Waals surface area (Å²) in [7, 11) is 0. The third-order valence-electron chi connectivity index (χ3n) is 3.86. The Hall–Kier alpha value is -0.340. The van der Waals surface area contributed by atoms with Crippen LogP contribution in [0.2, 0.25) is 0 Å². The Balaban J connectivity index is 1.91. The summed E-state index contributed by atoms with van der Waals surface area (Å²) in [5, 5.41) is 2.16. The number of nitrogens with two attached hydrogens (primary N) is 1. The van der Waals surface area contributed by atoms with Crippen molar-refractivity contribution in [3.05, 3.63) is 21.9 Å². The van der Waals surface area contributed by atoms with E-state index in [1.165, 1.54) is 55.4 Å². The molecule has 1 nitrogen and oxygen atoms in total. The van der Waals surface area contributed by atoms with Crippen LogP contribution in [-0.2, 0) is 0 Å². The second-order valence-electron chi connectivity index (χ2n) is 5.13. The van der Waals surface area contributed by atoms with Crippen LogP contribution in [0.5, 0.6) is 0 Å². The van der Waals surface area contributed by atoms with E-state index in [9.17, 15) is 0 Å². The number of hydrogen-bond donors (Lipinski definition) is 1. The maximum Gasteiger partial charge on any atom is 0.0308 e. The van der Waals surface area contributed by atoms with Crippen LogP contribution in [0.3, 0.4) is 0 Å². The van der Waals surface area contributed by atoms with Crippen molar-refractivity contribution in [3.63, 3.8) is 0 Å². The van der Waals surface area contributed by atoms with Gasteiger partial charge in [0.1, 0.15) is 0 Å².